The summed E-state index contributed by atoms with van der Waals surface area (Å²) in [6.45, 7) is 3.03. The van der Waals surface area contributed by atoms with Crippen LogP contribution in [0.2, 0.25) is 0 Å². The topological polar surface area (TPSA) is 73.2 Å². The van der Waals surface area contributed by atoms with Crippen LogP contribution < -0.4 is 10.9 Å². The normalized spacial score (nSPS) is 10.5. The zero-order chi connectivity index (χ0) is 16.7. The Bertz CT molecular complexity index is 725. The Morgan fingerprint density at radius 2 is 2.13 bits per heavy atom. The number of nitrogens with one attached hydrogen (secondary N) is 1. The number of hydrogen-bond donors (Lipinski definition) is 1. The summed E-state index contributed by atoms with van der Waals surface area (Å²) in [5, 5.41) is 6.92. The summed E-state index contributed by atoms with van der Waals surface area (Å²) < 4.78 is 6.41. The van der Waals surface area contributed by atoms with Crippen LogP contribution in [0, 0.1) is 0 Å². The van der Waals surface area contributed by atoms with E-state index in [4.69, 9.17) is 4.74 Å². The molecule has 1 aromatic carbocycles. The van der Waals surface area contributed by atoms with Gasteiger partial charge in [0.25, 0.3) is 11.5 Å². The van der Waals surface area contributed by atoms with E-state index in [1.165, 1.54) is 16.8 Å². The molecule has 0 unspecified atom stereocenters. The first-order valence-corrected chi connectivity index (χ1v) is 7.61. The number of hydrogen-bond acceptors (Lipinski definition) is 4. The molecule has 1 N–H and O–H groups in total. The molecule has 0 fully saturated rings. The van der Waals surface area contributed by atoms with Crippen LogP contribution in [0.3, 0.4) is 0 Å². The van der Waals surface area contributed by atoms with E-state index in [1.807, 2.05) is 25.1 Å². The number of benzene rings is 1. The lowest BCUT2D eigenvalue weighted by Crippen LogP contribution is -2.26. The fourth-order valence-corrected chi connectivity index (χ4v) is 2.14. The average molecular weight is 315 g/mol. The molecule has 1 amide bonds. The van der Waals surface area contributed by atoms with Crippen LogP contribution in [0.25, 0.3) is 0 Å². The predicted octanol–water partition coefficient (Wildman–Crippen LogP) is 2.44. The van der Waals surface area contributed by atoms with E-state index in [1.54, 1.807) is 13.2 Å². The number of ether oxygens (including phenoxy) is 1. The molecule has 2 aromatic rings. The maximum atomic E-state index is 12.3. The minimum Gasteiger partial charge on any atom is -0.380 e. The zero-order valence-corrected chi connectivity index (χ0v) is 13.4. The second kappa shape index (κ2) is 8.24. The van der Waals surface area contributed by atoms with E-state index in [-0.39, 0.29) is 17.2 Å². The first kappa shape index (κ1) is 16.9. The van der Waals surface area contributed by atoms with Crippen LogP contribution >= 0.6 is 0 Å². The number of aryl methyl sites for hydroxylation is 1. The largest absolute Gasteiger partial charge is 0.380 e. The molecule has 0 saturated carbocycles. The number of anilines is 1. The van der Waals surface area contributed by atoms with Crippen molar-refractivity contribution in [3.63, 3.8) is 0 Å². The van der Waals surface area contributed by atoms with Gasteiger partial charge in [-0.15, -0.1) is 0 Å². The quantitative estimate of drug-likeness (QED) is 0.851. The van der Waals surface area contributed by atoms with Crippen molar-refractivity contribution in [1.82, 2.24) is 9.78 Å². The van der Waals surface area contributed by atoms with Gasteiger partial charge in [0.05, 0.1) is 6.61 Å². The summed E-state index contributed by atoms with van der Waals surface area (Å²) in [6, 6.07) is 10.2. The number of nitrogens with zero attached hydrogens (tertiary/aromatic N) is 2. The molecule has 0 atom stereocenters. The highest BCUT2D eigenvalue weighted by Gasteiger charge is 2.10. The molecule has 0 saturated heterocycles. The maximum absolute atomic E-state index is 12.3. The molecule has 2 rings (SSSR count). The Hall–Kier alpha value is -2.47. The Labute approximate surface area is 135 Å². The average Bonchev–Trinajstić information content (AvgIpc) is 2.54. The molecular formula is C17H21N3O3. The van der Waals surface area contributed by atoms with Crippen molar-refractivity contribution in [2.24, 2.45) is 0 Å². The van der Waals surface area contributed by atoms with E-state index in [9.17, 15) is 9.59 Å². The molecule has 1 aromatic heterocycles. The Morgan fingerprint density at radius 3 is 2.87 bits per heavy atom. The maximum Gasteiger partial charge on any atom is 0.276 e. The molecule has 1 heterocycles. The van der Waals surface area contributed by atoms with Crippen LogP contribution in [0.4, 0.5) is 5.69 Å². The number of rotatable bonds is 7. The first-order chi connectivity index (χ1) is 11.1. The van der Waals surface area contributed by atoms with Crippen molar-refractivity contribution in [3.05, 3.63) is 58.0 Å². The Balaban J connectivity index is 2.14. The SMILES string of the molecule is CCCCn1nc(C(=O)Nc2cccc(COC)c2)ccc1=O. The summed E-state index contributed by atoms with van der Waals surface area (Å²) in [7, 11) is 1.62. The number of amides is 1. The number of methoxy groups -OCH3 is 1. The van der Waals surface area contributed by atoms with E-state index in [2.05, 4.69) is 10.4 Å². The third kappa shape index (κ3) is 4.75. The van der Waals surface area contributed by atoms with Gasteiger partial charge in [-0.25, -0.2) is 4.68 Å². The van der Waals surface area contributed by atoms with Crippen LogP contribution in [-0.2, 0) is 17.9 Å². The van der Waals surface area contributed by atoms with Crippen LogP contribution in [-0.4, -0.2) is 22.8 Å². The molecule has 0 radical (unpaired) electrons. The van der Waals surface area contributed by atoms with E-state index in [0.717, 1.165) is 18.4 Å². The van der Waals surface area contributed by atoms with Crippen LogP contribution in [0.15, 0.2) is 41.2 Å². The lowest BCUT2D eigenvalue weighted by molar-refractivity contribution is 0.101. The van der Waals surface area contributed by atoms with E-state index in [0.29, 0.717) is 18.8 Å². The minimum absolute atomic E-state index is 0.197. The summed E-state index contributed by atoms with van der Waals surface area (Å²) in [4.78, 5) is 24.0. The smallest absolute Gasteiger partial charge is 0.276 e. The first-order valence-electron chi connectivity index (χ1n) is 7.61. The van der Waals surface area contributed by atoms with Gasteiger partial charge in [0.1, 0.15) is 5.69 Å². The summed E-state index contributed by atoms with van der Waals surface area (Å²) in [5.74, 6) is -0.343. The fraction of sp³-hybridized carbons (Fsp3) is 0.353. The monoisotopic (exact) mass is 315 g/mol. The van der Waals surface area contributed by atoms with E-state index >= 15 is 0 Å². The molecule has 6 nitrogen and oxygen atoms in total. The molecule has 0 aliphatic rings. The molecule has 0 bridgehead atoms. The number of carbonyl (C=O) groups excluding carboxylic acids is 1. The standard InChI is InChI=1S/C17H21N3O3/c1-3-4-10-20-16(21)9-8-15(19-20)17(22)18-14-7-5-6-13(11-14)12-23-2/h5-9,11H,3-4,10,12H2,1-2H3,(H,18,22). The summed E-state index contributed by atoms with van der Waals surface area (Å²) in [6.07, 6.45) is 1.80. The van der Waals surface area contributed by atoms with Crippen molar-refractivity contribution in [2.45, 2.75) is 32.9 Å². The van der Waals surface area contributed by atoms with Crippen molar-refractivity contribution in [2.75, 3.05) is 12.4 Å². The van der Waals surface area contributed by atoms with E-state index < -0.39 is 0 Å². The molecule has 0 spiro atoms. The van der Waals surface area contributed by atoms with Gasteiger partial charge >= 0.3 is 0 Å². The van der Waals surface area contributed by atoms with Crippen LogP contribution in [0.1, 0.15) is 35.8 Å². The molecule has 122 valence electrons. The lowest BCUT2D eigenvalue weighted by atomic mass is 10.2. The van der Waals surface area contributed by atoms with Crippen molar-refractivity contribution < 1.29 is 9.53 Å². The number of carbonyl (C=O) groups is 1. The fourth-order valence-electron chi connectivity index (χ4n) is 2.14. The highest BCUT2D eigenvalue weighted by atomic mass is 16.5. The highest BCUT2D eigenvalue weighted by molar-refractivity contribution is 6.02. The van der Waals surface area contributed by atoms with Crippen LogP contribution in [0.5, 0.6) is 0 Å². The number of unbranched alkanes of at least 4 members (excludes halogenated alkanes) is 1. The van der Waals surface area contributed by atoms with Gasteiger partial charge < -0.3 is 10.1 Å². The third-order valence-electron chi connectivity index (χ3n) is 3.32. The Morgan fingerprint density at radius 1 is 1.30 bits per heavy atom. The molecule has 0 aliphatic heterocycles. The molecule has 23 heavy (non-hydrogen) atoms. The van der Waals surface area contributed by atoms with Crippen molar-refractivity contribution in [1.29, 1.82) is 0 Å². The van der Waals surface area contributed by atoms with Gasteiger partial charge in [0, 0.05) is 25.4 Å². The highest BCUT2D eigenvalue weighted by Crippen LogP contribution is 2.12. The second-order valence-corrected chi connectivity index (χ2v) is 5.22. The number of aromatic nitrogens is 2. The predicted molar refractivity (Wildman–Crippen MR) is 88.5 cm³/mol. The lowest BCUT2D eigenvalue weighted by Gasteiger charge is -2.08. The third-order valence-corrected chi connectivity index (χ3v) is 3.32. The van der Waals surface area contributed by atoms with Crippen molar-refractivity contribution >= 4 is 11.6 Å². The Kier molecular flexibility index (Phi) is 6.05. The van der Waals surface area contributed by atoms with Gasteiger partial charge in [-0.3, -0.25) is 9.59 Å². The van der Waals surface area contributed by atoms with Gasteiger partial charge in [0.15, 0.2) is 0 Å². The second-order valence-electron chi connectivity index (χ2n) is 5.22. The van der Waals surface area contributed by atoms with Crippen molar-refractivity contribution in [3.8, 4) is 0 Å². The summed E-state index contributed by atoms with van der Waals surface area (Å²) in [5.41, 5.74) is 1.65. The van der Waals surface area contributed by atoms with Gasteiger partial charge in [0.2, 0.25) is 0 Å². The molecular weight excluding hydrogens is 294 g/mol. The molecule has 0 aliphatic carbocycles. The minimum atomic E-state index is -0.343. The summed E-state index contributed by atoms with van der Waals surface area (Å²) >= 11 is 0. The van der Waals surface area contributed by atoms with Gasteiger partial charge in [-0.05, 0) is 30.2 Å². The van der Waals surface area contributed by atoms with Gasteiger partial charge in [-0.2, -0.15) is 5.10 Å². The van der Waals surface area contributed by atoms with Gasteiger partial charge in [-0.1, -0.05) is 25.5 Å². The zero-order valence-electron chi connectivity index (χ0n) is 13.4. The molecule has 6 heteroatoms.